The lowest BCUT2D eigenvalue weighted by molar-refractivity contribution is 0.290. The Labute approximate surface area is 82.3 Å². The van der Waals surface area contributed by atoms with Crippen molar-refractivity contribution < 1.29 is 0 Å². The van der Waals surface area contributed by atoms with Crippen molar-refractivity contribution in [2.75, 3.05) is 0 Å². The highest BCUT2D eigenvalue weighted by Crippen LogP contribution is 2.48. The third-order valence-electron chi connectivity index (χ3n) is 4.17. The molecular formula is C12H23N. The fraction of sp³-hybridized carbons (Fsp3) is 1.00. The summed E-state index contributed by atoms with van der Waals surface area (Å²) in [5.74, 6) is 0. The Balaban J connectivity index is 1.76. The highest BCUT2D eigenvalue weighted by atomic mass is 15.0. The Kier molecular flexibility index (Phi) is 2.64. The predicted octanol–water partition coefficient (Wildman–Crippen LogP) is 3.10. The third kappa shape index (κ3) is 2.25. The van der Waals surface area contributed by atoms with Gasteiger partial charge in [-0.3, -0.25) is 0 Å². The molecule has 0 bridgehead atoms. The minimum atomic E-state index is 0.650. The summed E-state index contributed by atoms with van der Waals surface area (Å²) in [6.45, 7) is 4.80. The second-order valence-electron chi connectivity index (χ2n) is 5.38. The van der Waals surface area contributed by atoms with Crippen LogP contribution in [0.5, 0.6) is 0 Å². The quantitative estimate of drug-likeness (QED) is 0.705. The van der Waals surface area contributed by atoms with E-state index in [1.54, 1.807) is 0 Å². The maximum absolute atomic E-state index is 3.82. The van der Waals surface area contributed by atoms with Crippen LogP contribution in [0.15, 0.2) is 0 Å². The molecule has 0 amide bonds. The van der Waals surface area contributed by atoms with Gasteiger partial charge in [0.25, 0.3) is 0 Å². The van der Waals surface area contributed by atoms with Gasteiger partial charge in [0.2, 0.25) is 0 Å². The minimum absolute atomic E-state index is 0.650. The molecule has 0 radical (unpaired) electrons. The van der Waals surface area contributed by atoms with Crippen molar-refractivity contribution in [1.82, 2.24) is 5.32 Å². The van der Waals surface area contributed by atoms with Gasteiger partial charge in [0.15, 0.2) is 0 Å². The molecule has 1 heteroatoms. The fourth-order valence-electron chi connectivity index (χ4n) is 2.45. The second-order valence-corrected chi connectivity index (χ2v) is 5.38. The van der Waals surface area contributed by atoms with Gasteiger partial charge in [0, 0.05) is 12.1 Å². The summed E-state index contributed by atoms with van der Waals surface area (Å²) in [4.78, 5) is 0. The first kappa shape index (κ1) is 9.51. The van der Waals surface area contributed by atoms with E-state index < -0.39 is 0 Å². The van der Waals surface area contributed by atoms with Crippen LogP contribution in [0, 0.1) is 5.41 Å². The van der Waals surface area contributed by atoms with Crippen LogP contribution >= 0.6 is 0 Å². The summed E-state index contributed by atoms with van der Waals surface area (Å²) in [5, 5.41) is 3.82. The number of hydrogen-bond acceptors (Lipinski definition) is 1. The van der Waals surface area contributed by atoms with E-state index in [0.717, 1.165) is 12.1 Å². The molecule has 2 aliphatic rings. The van der Waals surface area contributed by atoms with Crippen LogP contribution in [0.3, 0.4) is 0 Å². The Morgan fingerprint density at radius 2 is 1.77 bits per heavy atom. The van der Waals surface area contributed by atoms with E-state index in [2.05, 4.69) is 19.2 Å². The normalized spacial score (nSPS) is 30.0. The zero-order valence-electron chi connectivity index (χ0n) is 9.10. The van der Waals surface area contributed by atoms with Crippen molar-refractivity contribution in [3.05, 3.63) is 0 Å². The van der Waals surface area contributed by atoms with Crippen LogP contribution in [0.4, 0.5) is 0 Å². The van der Waals surface area contributed by atoms with Gasteiger partial charge in [-0.25, -0.2) is 0 Å². The minimum Gasteiger partial charge on any atom is -0.311 e. The van der Waals surface area contributed by atoms with E-state index >= 15 is 0 Å². The van der Waals surface area contributed by atoms with E-state index in [1.165, 1.54) is 44.9 Å². The van der Waals surface area contributed by atoms with Gasteiger partial charge in [-0.05, 0) is 38.0 Å². The summed E-state index contributed by atoms with van der Waals surface area (Å²) < 4.78 is 0. The van der Waals surface area contributed by atoms with Crippen molar-refractivity contribution >= 4 is 0 Å². The molecule has 1 unspecified atom stereocenters. The molecule has 0 aromatic heterocycles. The lowest BCUT2D eigenvalue weighted by Gasteiger charge is -2.29. The van der Waals surface area contributed by atoms with Gasteiger partial charge < -0.3 is 5.32 Å². The summed E-state index contributed by atoms with van der Waals surface area (Å²) in [7, 11) is 0. The van der Waals surface area contributed by atoms with E-state index in [-0.39, 0.29) is 0 Å². The third-order valence-corrected chi connectivity index (χ3v) is 4.17. The van der Waals surface area contributed by atoms with Crippen molar-refractivity contribution in [3.63, 3.8) is 0 Å². The smallest absolute Gasteiger partial charge is 0.00951 e. The van der Waals surface area contributed by atoms with Crippen molar-refractivity contribution in [3.8, 4) is 0 Å². The van der Waals surface area contributed by atoms with E-state index in [4.69, 9.17) is 0 Å². The van der Waals surface area contributed by atoms with Gasteiger partial charge >= 0.3 is 0 Å². The molecule has 13 heavy (non-hydrogen) atoms. The van der Waals surface area contributed by atoms with Crippen LogP contribution in [0.1, 0.15) is 58.8 Å². The number of hydrogen-bond donors (Lipinski definition) is 1. The topological polar surface area (TPSA) is 12.0 Å². The molecule has 2 aliphatic carbocycles. The first-order chi connectivity index (χ1) is 6.21. The maximum atomic E-state index is 3.82. The molecule has 76 valence electrons. The average Bonchev–Trinajstić information content (AvgIpc) is 2.87. The standard InChI is InChI=1S/C12H23N/c1-10(12(2)8-9-12)13-11-6-4-3-5-7-11/h10-11,13H,3-9H2,1-2H3. The van der Waals surface area contributed by atoms with Crippen LogP contribution in [-0.4, -0.2) is 12.1 Å². The lowest BCUT2D eigenvalue weighted by Crippen LogP contribution is -2.41. The summed E-state index contributed by atoms with van der Waals surface area (Å²) >= 11 is 0. The zero-order chi connectivity index (χ0) is 9.31. The van der Waals surface area contributed by atoms with Crippen LogP contribution in [-0.2, 0) is 0 Å². The van der Waals surface area contributed by atoms with E-state index in [0.29, 0.717) is 5.41 Å². The molecule has 2 saturated carbocycles. The molecule has 1 N–H and O–H groups in total. The molecule has 0 spiro atoms. The first-order valence-corrected chi connectivity index (χ1v) is 5.97. The molecular weight excluding hydrogens is 158 g/mol. The molecule has 0 aromatic carbocycles. The zero-order valence-corrected chi connectivity index (χ0v) is 9.10. The SMILES string of the molecule is CC(NC1CCCCC1)C1(C)CC1. The maximum Gasteiger partial charge on any atom is 0.00951 e. The van der Waals surface area contributed by atoms with Crippen LogP contribution in [0.25, 0.3) is 0 Å². The van der Waals surface area contributed by atoms with E-state index in [9.17, 15) is 0 Å². The highest BCUT2D eigenvalue weighted by Gasteiger charge is 2.42. The summed E-state index contributed by atoms with van der Waals surface area (Å²) in [5.41, 5.74) is 0.650. The van der Waals surface area contributed by atoms with Gasteiger partial charge in [0.05, 0.1) is 0 Å². The Bertz CT molecular complexity index is 166. The average molecular weight is 181 g/mol. The lowest BCUT2D eigenvalue weighted by atomic mass is 9.92. The Morgan fingerprint density at radius 3 is 2.31 bits per heavy atom. The molecule has 2 rings (SSSR count). The van der Waals surface area contributed by atoms with Crippen molar-refractivity contribution in [2.24, 2.45) is 5.41 Å². The van der Waals surface area contributed by atoms with Gasteiger partial charge in [-0.2, -0.15) is 0 Å². The summed E-state index contributed by atoms with van der Waals surface area (Å²) in [6.07, 6.45) is 10.1. The van der Waals surface area contributed by atoms with Gasteiger partial charge in [-0.15, -0.1) is 0 Å². The second kappa shape index (κ2) is 3.61. The molecule has 0 saturated heterocycles. The molecule has 0 aliphatic heterocycles. The van der Waals surface area contributed by atoms with E-state index in [1.807, 2.05) is 0 Å². The predicted molar refractivity (Wildman–Crippen MR) is 56.8 cm³/mol. The monoisotopic (exact) mass is 181 g/mol. The number of nitrogens with one attached hydrogen (secondary N) is 1. The first-order valence-electron chi connectivity index (χ1n) is 5.97. The fourth-order valence-corrected chi connectivity index (χ4v) is 2.45. The molecule has 0 aromatic rings. The Morgan fingerprint density at radius 1 is 1.15 bits per heavy atom. The molecule has 1 nitrogen and oxygen atoms in total. The Hall–Kier alpha value is -0.0400. The molecule has 1 atom stereocenters. The highest BCUT2D eigenvalue weighted by molar-refractivity contribution is 4.97. The van der Waals surface area contributed by atoms with Crippen LogP contribution in [0.2, 0.25) is 0 Å². The number of rotatable bonds is 3. The van der Waals surface area contributed by atoms with Crippen LogP contribution < -0.4 is 5.32 Å². The summed E-state index contributed by atoms with van der Waals surface area (Å²) in [6, 6.07) is 1.58. The van der Waals surface area contributed by atoms with Crippen molar-refractivity contribution in [2.45, 2.75) is 70.9 Å². The largest absolute Gasteiger partial charge is 0.311 e. The van der Waals surface area contributed by atoms with Crippen molar-refractivity contribution in [1.29, 1.82) is 0 Å². The van der Waals surface area contributed by atoms with Gasteiger partial charge in [0.1, 0.15) is 0 Å². The molecule has 0 heterocycles. The van der Waals surface area contributed by atoms with Gasteiger partial charge in [-0.1, -0.05) is 26.2 Å². The molecule has 2 fully saturated rings.